The van der Waals surface area contributed by atoms with Crippen LogP contribution >= 0.6 is 0 Å². The van der Waals surface area contributed by atoms with Crippen LogP contribution in [0.25, 0.3) is 22.2 Å². The Morgan fingerprint density at radius 3 is 2.88 bits per heavy atom. The van der Waals surface area contributed by atoms with Gasteiger partial charge in [0.15, 0.2) is 0 Å². The minimum absolute atomic E-state index is 0.0599. The Morgan fingerprint density at radius 2 is 2.08 bits per heavy atom. The fourth-order valence-corrected chi connectivity index (χ4v) is 2.89. The van der Waals surface area contributed by atoms with Gasteiger partial charge in [-0.15, -0.1) is 0 Å². The van der Waals surface area contributed by atoms with Crippen LogP contribution in [0.15, 0.2) is 36.5 Å². The smallest absolute Gasteiger partial charge is 0.241 e. The summed E-state index contributed by atoms with van der Waals surface area (Å²) in [5.41, 5.74) is 1.72. The number of fused-ring (bicyclic) bond motifs is 1. The van der Waals surface area contributed by atoms with Crippen LogP contribution in [0.4, 0.5) is 10.2 Å². The standard InChI is InChI=1S/C17H16FN5O/c1-22-6-7-23(10-16(22)24)15-8-12-14(9-19-15)20-21-17(12)11-4-2-3-5-13(11)18/h2-5,8-9H,6-7,10H2,1H3,(H,20,21). The maximum Gasteiger partial charge on any atom is 0.241 e. The van der Waals surface area contributed by atoms with Crippen molar-refractivity contribution in [3.63, 3.8) is 0 Å². The molecule has 24 heavy (non-hydrogen) atoms. The van der Waals surface area contributed by atoms with Gasteiger partial charge in [0, 0.05) is 31.1 Å². The summed E-state index contributed by atoms with van der Waals surface area (Å²) in [5, 5.41) is 7.92. The molecule has 0 unspecified atom stereocenters. The third kappa shape index (κ3) is 2.38. The molecule has 1 aliphatic rings. The van der Waals surface area contributed by atoms with E-state index < -0.39 is 0 Å². The van der Waals surface area contributed by atoms with Crippen LogP contribution in [-0.2, 0) is 4.79 Å². The SMILES string of the molecule is CN1CCN(c2cc3c(-c4ccccc4F)n[nH]c3cn2)CC1=O. The number of nitrogens with zero attached hydrogens (tertiary/aromatic N) is 4. The molecule has 1 fully saturated rings. The number of H-pyrrole nitrogens is 1. The van der Waals surface area contributed by atoms with Crippen molar-refractivity contribution in [2.24, 2.45) is 0 Å². The minimum atomic E-state index is -0.320. The predicted molar refractivity (Wildman–Crippen MR) is 89.1 cm³/mol. The summed E-state index contributed by atoms with van der Waals surface area (Å²) in [7, 11) is 1.79. The molecule has 3 aromatic rings. The quantitative estimate of drug-likeness (QED) is 0.783. The molecule has 1 N–H and O–H groups in total. The molecule has 6 nitrogen and oxygen atoms in total. The zero-order valence-corrected chi connectivity index (χ0v) is 13.2. The maximum absolute atomic E-state index is 14.1. The first-order valence-corrected chi connectivity index (χ1v) is 7.71. The normalized spacial score (nSPS) is 15.3. The lowest BCUT2D eigenvalue weighted by atomic mass is 10.1. The Morgan fingerprint density at radius 1 is 1.25 bits per heavy atom. The number of aromatic amines is 1. The van der Waals surface area contributed by atoms with Crippen LogP contribution in [0.5, 0.6) is 0 Å². The van der Waals surface area contributed by atoms with E-state index in [1.807, 2.05) is 11.0 Å². The van der Waals surface area contributed by atoms with Crippen LogP contribution in [0.2, 0.25) is 0 Å². The maximum atomic E-state index is 14.1. The van der Waals surface area contributed by atoms with Crippen LogP contribution in [0.1, 0.15) is 0 Å². The fourth-order valence-electron chi connectivity index (χ4n) is 2.89. The number of anilines is 1. The first-order valence-electron chi connectivity index (χ1n) is 7.71. The number of rotatable bonds is 2. The van der Waals surface area contributed by atoms with Gasteiger partial charge in [0.05, 0.1) is 18.3 Å². The molecule has 2 aromatic heterocycles. The number of piperazine rings is 1. The van der Waals surface area contributed by atoms with Crippen molar-refractivity contribution in [3.05, 3.63) is 42.3 Å². The first kappa shape index (κ1) is 14.6. The number of aromatic nitrogens is 3. The van der Waals surface area contributed by atoms with Gasteiger partial charge in [-0.3, -0.25) is 9.89 Å². The molecular formula is C17H16FN5O. The summed E-state index contributed by atoms with van der Waals surface area (Å²) < 4.78 is 14.1. The van der Waals surface area contributed by atoms with Gasteiger partial charge < -0.3 is 9.80 Å². The summed E-state index contributed by atoms with van der Waals surface area (Å²) in [4.78, 5) is 20.0. The third-order valence-electron chi connectivity index (χ3n) is 4.34. The van der Waals surface area contributed by atoms with E-state index in [1.54, 1.807) is 36.3 Å². The second-order valence-electron chi connectivity index (χ2n) is 5.88. The highest BCUT2D eigenvalue weighted by atomic mass is 19.1. The zero-order chi connectivity index (χ0) is 16.7. The van der Waals surface area contributed by atoms with Gasteiger partial charge in [0.25, 0.3) is 0 Å². The number of nitrogens with one attached hydrogen (secondary N) is 1. The molecule has 122 valence electrons. The molecule has 0 saturated carbocycles. The molecule has 1 amide bonds. The van der Waals surface area contributed by atoms with Crippen molar-refractivity contribution in [3.8, 4) is 11.3 Å². The molecule has 1 aromatic carbocycles. The van der Waals surface area contributed by atoms with Crippen molar-refractivity contribution >= 4 is 22.6 Å². The van der Waals surface area contributed by atoms with E-state index >= 15 is 0 Å². The largest absolute Gasteiger partial charge is 0.346 e. The molecular weight excluding hydrogens is 309 g/mol. The molecule has 0 bridgehead atoms. The summed E-state index contributed by atoms with van der Waals surface area (Å²) in [6.45, 7) is 1.67. The lowest BCUT2D eigenvalue weighted by Crippen LogP contribution is -2.48. The van der Waals surface area contributed by atoms with Gasteiger partial charge in [-0.05, 0) is 18.2 Å². The van der Waals surface area contributed by atoms with Crippen molar-refractivity contribution < 1.29 is 9.18 Å². The molecule has 1 saturated heterocycles. The number of hydrogen-bond donors (Lipinski definition) is 1. The minimum Gasteiger partial charge on any atom is -0.346 e. The van der Waals surface area contributed by atoms with Gasteiger partial charge in [0.1, 0.15) is 17.3 Å². The lowest BCUT2D eigenvalue weighted by Gasteiger charge is -2.32. The van der Waals surface area contributed by atoms with Crippen molar-refractivity contribution in [2.45, 2.75) is 0 Å². The van der Waals surface area contributed by atoms with Gasteiger partial charge in [-0.1, -0.05) is 12.1 Å². The Hall–Kier alpha value is -2.96. The van der Waals surface area contributed by atoms with E-state index in [2.05, 4.69) is 15.2 Å². The van der Waals surface area contributed by atoms with Gasteiger partial charge in [0.2, 0.25) is 5.91 Å². The molecule has 3 heterocycles. The van der Waals surface area contributed by atoms with Gasteiger partial charge >= 0.3 is 0 Å². The number of carbonyl (C=O) groups is 1. The summed E-state index contributed by atoms with van der Waals surface area (Å²) in [5.74, 6) is 0.437. The van der Waals surface area contributed by atoms with Crippen molar-refractivity contribution in [1.82, 2.24) is 20.1 Å². The highest BCUT2D eigenvalue weighted by Gasteiger charge is 2.23. The van der Waals surface area contributed by atoms with E-state index in [1.165, 1.54) is 6.07 Å². The summed E-state index contributed by atoms with van der Waals surface area (Å²) >= 11 is 0. The average Bonchev–Trinajstić information content (AvgIpc) is 3.01. The Kier molecular flexibility index (Phi) is 3.41. The van der Waals surface area contributed by atoms with E-state index in [4.69, 9.17) is 0 Å². The van der Waals surface area contributed by atoms with Crippen molar-refractivity contribution in [2.75, 3.05) is 31.6 Å². The average molecular weight is 325 g/mol. The zero-order valence-electron chi connectivity index (χ0n) is 13.2. The van der Waals surface area contributed by atoms with E-state index in [9.17, 15) is 9.18 Å². The topological polar surface area (TPSA) is 65.1 Å². The van der Waals surface area contributed by atoms with Crippen LogP contribution in [-0.4, -0.2) is 52.7 Å². The van der Waals surface area contributed by atoms with E-state index in [-0.39, 0.29) is 11.7 Å². The Balaban J connectivity index is 1.77. The highest BCUT2D eigenvalue weighted by molar-refractivity contribution is 5.94. The number of benzene rings is 1. The summed E-state index contributed by atoms with van der Waals surface area (Å²) in [6, 6.07) is 8.40. The Bertz CT molecular complexity index is 922. The van der Waals surface area contributed by atoms with E-state index in [0.29, 0.717) is 36.7 Å². The molecule has 0 spiro atoms. The number of amides is 1. The van der Waals surface area contributed by atoms with Gasteiger partial charge in [-0.2, -0.15) is 5.10 Å². The van der Waals surface area contributed by atoms with Crippen molar-refractivity contribution in [1.29, 1.82) is 0 Å². The number of hydrogen-bond acceptors (Lipinski definition) is 4. The molecule has 0 atom stereocenters. The molecule has 0 aliphatic carbocycles. The molecule has 4 rings (SSSR count). The van der Waals surface area contributed by atoms with Gasteiger partial charge in [-0.25, -0.2) is 9.37 Å². The molecule has 1 aliphatic heterocycles. The third-order valence-corrected chi connectivity index (χ3v) is 4.34. The first-order chi connectivity index (χ1) is 11.6. The lowest BCUT2D eigenvalue weighted by molar-refractivity contribution is -0.129. The highest BCUT2D eigenvalue weighted by Crippen LogP contribution is 2.30. The second-order valence-corrected chi connectivity index (χ2v) is 5.88. The Labute approximate surface area is 137 Å². The van der Waals surface area contributed by atoms with E-state index in [0.717, 1.165) is 10.9 Å². The van der Waals surface area contributed by atoms with Crippen LogP contribution < -0.4 is 4.90 Å². The molecule has 7 heteroatoms. The fraction of sp³-hybridized carbons (Fsp3) is 0.235. The second kappa shape index (κ2) is 5.59. The monoisotopic (exact) mass is 325 g/mol. The van der Waals surface area contributed by atoms with Crippen LogP contribution in [0.3, 0.4) is 0 Å². The number of pyridine rings is 1. The number of likely N-dealkylation sites (N-methyl/N-ethyl adjacent to an activating group) is 1. The molecule has 0 radical (unpaired) electrons. The number of halogens is 1. The summed E-state index contributed by atoms with van der Waals surface area (Å²) in [6.07, 6.45) is 1.67. The number of carbonyl (C=O) groups excluding carboxylic acids is 1. The predicted octanol–water partition coefficient (Wildman–Crippen LogP) is 2.04. The van der Waals surface area contributed by atoms with Crippen LogP contribution in [0, 0.1) is 5.82 Å².